The highest BCUT2D eigenvalue weighted by atomic mass is 32.2. The summed E-state index contributed by atoms with van der Waals surface area (Å²) in [5.41, 5.74) is 3.55. The lowest BCUT2D eigenvalue weighted by atomic mass is 10.0. The zero-order valence-corrected chi connectivity index (χ0v) is 22.9. The largest absolute Gasteiger partial charge is 0.497 e. The van der Waals surface area contributed by atoms with Crippen molar-refractivity contribution >= 4 is 28.4 Å². The molecule has 1 amide bonds. The molecule has 1 saturated heterocycles. The summed E-state index contributed by atoms with van der Waals surface area (Å²) in [6.45, 7) is 8.22. The molecule has 2 heterocycles. The SMILES string of the molecule is COc1cc(C)c(S(=O)N(C)CCC(=O)Nc2cnc(N3CCC(N(C)C)CC3)c(C)c2)c(C)c1. The van der Waals surface area contributed by atoms with Crippen molar-refractivity contribution in [3.63, 3.8) is 0 Å². The second kappa shape index (κ2) is 12.0. The number of carbonyl (C=O) groups excluding carboxylic acids is 1. The van der Waals surface area contributed by atoms with E-state index in [9.17, 15) is 9.00 Å². The summed E-state index contributed by atoms with van der Waals surface area (Å²) in [7, 11) is 6.30. The molecule has 2 aromatic rings. The zero-order valence-electron chi connectivity index (χ0n) is 22.1. The van der Waals surface area contributed by atoms with Gasteiger partial charge < -0.3 is 19.9 Å². The predicted molar refractivity (Wildman–Crippen MR) is 143 cm³/mol. The fourth-order valence-corrected chi connectivity index (χ4v) is 5.82. The van der Waals surface area contributed by atoms with Gasteiger partial charge in [-0.05, 0) is 82.6 Å². The van der Waals surface area contributed by atoms with Crippen molar-refractivity contribution in [2.24, 2.45) is 0 Å². The summed E-state index contributed by atoms with van der Waals surface area (Å²) in [6.07, 6.45) is 4.20. The lowest BCUT2D eigenvalue weighted by Gasteiger charge is -2.36. The molecule has 1 unspecified atom stereocenters. The minimum atomic E-state index is -1.36. The molecule has 9 heteroatoms. The Morgan fingerprint density at radius 2 is 1.74 bits per heavy atom. The van der Waals surface area contributed by atoms with Gasteiger partial charge in [0.05, 0.1) is 23.9 Å². The standard InChI is InChI=1S/C26H39N5O3S/c1-18-15-23(34-7)16-19(2)25(18)35(33)30(6)11-10-24(32)28-21-14-20(3)26(27-17-21)31-12-8-22(9-13-31)29(4)5/h14-17,22H,8-13H2,1-7H3,(H,28,32). The highest BCUT2D eigenvalue weighted by Crippen LogP contribution is 2.26. The van der Waals surface area contributed by atoms with Gasteiger partial charge in [0, 0.05) is 39.1 Å². The van der Waals surface area contributed by atoms with Crippen LogP contribution in [0.3, 0.4) is 0 Å². The highest BCUT2D eigenvalue weighted by Gasteiger charge is 2.23. The number of ether oxygens (including phenoxy) is 1. The minimum absolute atomic E-state index is 0.127. The Hall–Kier alpha value is -2.49. The molecular weight excluding hydrogens is 462 g/mol. The molecule has 1 atom stereocenters. The smallest absolute Gasteiger partial charge is 0.225 e. The topological polar surface area (TPSA) is 78.0 Å². The normalized spacial score (nSPS) is 15.5. The van der Waals surface area contributed by atoms with Crippen LogP contribution >= 0.6 is 0 Å². The van der Waals surface area contributed by atoms with Crippen LogP contribution in [0.2, 0.25) is 0 Å². The van der Waals surface area contributed by atoms with E-state index in [1.54, 1.807) is 24.7 Å². The van der Waals surface area contributed by atoms with E-state index in [1.165, 1.54) is 0 Å². The fraction of sp³-hybridized carbons (Fsp3) is 0.538. The van der Waals surface area contributed by atoms with E-state index >= 15 is 0 Å². The quantitative estimate of drug-likeness (QED) is 0.567. The van der Waals surface area contributed by atoms with Crippen LogP contribution in [0.25, 0.3) is 0 Å². The van der Waals surface area contributed by atoms with E-state index in [1.807, 2.05) is 39.0 Å². The molecule has 0 spiro atoms. The van der Waals surface area contributed by atoms with Gasteiger partial charge in [0.25, 0.3) is 0 Å². The first-order valence-corrected chi connectivity index (χ1v) is 13.2. The van der Waals surface area contributed by atoms with Crippen molar-refractivity contribution in [1.82, 2.24) is 14.2 Å². The molecule has 1 aromatic heterocycles. The molecule has 1 N–H and O–H groups in total. The number of amides is 1. The molecule has 1 aliphatic heterocycles. The molecule has 1 aromatic carbocycles. The number of rotatable bonds is 9. The van der Waals surface area contributed by atoms with Crippen LogP contribution in [0, 0.1) is 20.8 Å². The maximum Gasteiger partial charge on any atom is 0.225 e. The molecular formula is C26H39N5O3S. The highest BCUT2D eigenvalue weighted by molar-refractivity contribution is 7.82. The average molecular weight is 502 g/mol. The third kappa shape index (κ3) is 6.80. The van der Waals surface area contributed by atoms with Gasteiger partial charge >= 0.3 is 0 Å². The number of nitrogens with one attached hydrogen (secondary N) is 1. The van der Waals surface area contributed by atoms with Gasteiger partial charge in [-0.1, -0.05) is 0 Å². The van der Waals surface area contributed by atoms with Crippen LogP contribution in [0.1, 0.15) is 36.0 Å². The van der Waals surface area contributed by atoms with Crippen molar-refractivity contribution in [2.45, 2.75) is 51.0 Å². The molecule has 3 rings (SSSR count). The average Bonchev–Trinajstić information content (AvgIpc) is 2.82. The molecule has 1 aliphatic rings. The number of pyridine rings is 1. The minimum Gasteiger partial charge on any atom is -0.497 e. The van der Waals surface area contributed by atoms with Gasteiger partial charge in [0.2, 0.25) is 5.91 Å². The van der Waals surface area contributed by atoms with E-state index in [-0.39, 0.29) is 12.3 Å². The molecule has 0 saturated carbocycles. The maximum atomic E-state index is 13.1. The summed E-state index contributed by atoms with van der Waals surface area (Å²) in [5.74, 6) is 1.61. The van der Waals surface area contributed by atoms with Gasteiger partial charge in [0.1, 0.15) is 22.6 Å². The number of aromatic nitrogens is 1. The van der Waals surface area contributed by atoms with Crippen molar-refractivity contribution in [2.75, 3.05) is 58.1 Å². The van der Waals surface area contributed by atoms with E-state index in [0.29, 0.717) is 18.3 Å². The third-order valence-corrected chi connectivity index (χ3v) is 8.35. The summed E-state index contributed by atoms with van der Waals surface area (Å²) < 4.78 is 20.1. The molecule has 192 valence electrons. The van der Waals surface area contributed by atoms with Crippen molar-refractivity contribution in [1.29, 1.82) is 0 Å². The van der Waals surface area contributed by atoms with Crippen LogP contribution in [0.15, 0.2) is 29.3 Å². The number of hydrogen-bond acceptors (Lipinski definition) is 6. The van der Waals surface area contributed by atoms with Crippen LogP contribution in [-0.2, 0) is 15.8 Å². The molecule has 35 heavy (non-hydrogen) atoms. The monoisotopic (exact) mass is 501 g/mol. The number of benzene rings is 1. The molecule has 0 bridgehead atoms. The second-order valence-corrected chi connectivity index (χ2v) is 11.1. The Kier molecular flexibility index (Phi) is 9.27. The molecule has 8 nitrogen and oxygen atoms in total. The van der Waals surface area contributed by atoms with E-state index in [2.05, 4.69) is 34.2 Å². The number of aryl methyl sites for hydroxylation is 3. The van der Waals surface area contributed by atoms with Crippen LogP contribution in [0.5, 0.6) is 5.75 Å². The van der Waals surface area contributed by atoms with Crippen LogP contribution in [-0.4, -0.2) is 78.2 Å². The first kappa shape index (κ1) is 27.1. The fourth-order valence-electron chi connectivity index (χ4n) is 4.59. The Morgan fingerprint density at radius 1 is 1.11 bits per heavy atom. The lowest BCUT2D eigenvalue weighted by Crippen LogP contribution is -2.42. The van der Waals surface area contributed by atoms with Crippen molar-refractivity contribution in [3.05, 3.63) is 41.1 Å². The number of anilines is 2. The number of hydrogen-bond donors (Lipinski definition) is 1. The first-order valence-electron chi connectivity index (χ1n) is 12.1. The van der Waals surface area contributed by atoms with E-state index in [0.717, 1.165) is 59.1 Å². The summed E-state index contributed by atoms with van der Waals surface area (Å²) >= 11 is 0. The van der Waals surface area contributed by atoms with Gasteiger partial charge in [-0.3, -0.25) is 4.79 Å². The van der Waals surface area contributed by atoms with Crippen molar-refractivity contribution in [3.8, 4) is 5.75 Å². The third-order valence-electron chi connectivity index (χ3n) is 6.61. The maximum absolute atomic E-state index is 13.1. The Balaban J connectivity index is 1.54. The Labute approximate surface area is 212 Å². The number of nitrogens with zero attached hydrogens (tertiary/aromatic N) is 4. The van der Waals surface area contributed by atoms with Gasteiger partial charge in [-0.2, -0.15) is 0 Å². The van der Waals surface area contributed by atoms with E-state index < -0.39 is 11.0 Å². The van der Waals surface area contributed by atoms with Gasteiger partial charge in [0.15, 0.2) is 0 Å². The van der Waals surface area contributed by atoms with Gasteiger partial charge in [-0.25, -0.2) is 13.5 Å². The molecule has 1 fully saturated rings. The van der Waals surface area contributed by atoms with Gasteiger partial charge in [-0.15, -0.1) is 0 Å². The molecule has 0 radical (unpaired) electrons. The first-order chi connectivity index (χ1) is 16.6. The molecule has 0 aliphatic carbocycles. The summed E-state index contributed by atoms with van der Waals surface area (Å²) in [6, 6.07) is 6.36. The summed E-state index contributed by atoms with van der Waals surface area (Å²) in [5, 5.41) is 2.94. The lowest BCUT2D eigenvalue weighted by molar-refractivity contribution is -0.116. The Bertz CT molecular complexity index is 1040. The Morgan fingerprint density at radius 3 is 2.29 bits per heavy atom. The predicted octanol–water partition coefficient (Wildman–Crippen LogP) is 3.53. The van der Waals surface area contributed by atoms with Crippen LogP contribution < -0.4 is 15.0 Å². The van der Waals surface area contributed by atoms with E-state index in [4.69, 9.17) is 4.74 Å². The second-order valence-electron chi connectivity index (χ2n) is 9.54. The number of methoxy groups -OCH3 is 1. The zero-order chi connectivity index (χ0) is 25.7. The van der Waals surface area contributed by atoms with Crippen LogP contribution in [0.4, 0.5) is 11.5 Å². The number of carbonyl (C=O) groups is 1. The summed E-state index contributed by atoms with van der Waals surface area (Å²) in [4.78, 5) is 22.6. The number of piperidine rings is 1. The van der Waals surface area contributed by atoms with Crippen molar-refractivity contribution < 1.29 is 13.7 Å².